The number of aliphatic hydroxyl groups is 1. The summed E-state index contributed by atoms with van der Waals surface area (Å²) in [4.78, 5) is 28.4. The number of carbonyl (C=O) groups excluding carboxylic acids is 2. The van der Waals surface area contributed by atoms with Crippen molar-refractivity contribution in [2.45, 2.75) is 77.0 Å². The number of rotatable bonds is 5. The van der Waals surface area contributed by atoms with Gasteiger partial charge in [-0.2, -0.15) is 0 Å². The number of carbonyl (C=O) groups is 2. The molecular formula is C26H37ClN2O4. The summed E-state index contributed by atoms with van der Waals surface area (Å²) in [5.74, 6) is -0.232. The number of nitrogens with one attached hydrogen (secondary N) is 1. The van der Waals surface area contributed by atoms with E-state index in [1.165, 1.54) is 0 Å². The fourth-order valence-electron chi connectivity index (χ4n) is 5.82. The minimum atomic E-state index is -1.06. The normalized spacial score (nSPS) is 32.0. The molecule has 2 amide bonds. The minimum Gasteiger partial charge on any atom is -0.384 e. The third-order valence-electron chi connectivity index (χ3n) is 8.22. The van der Waals surface area contributed by atoms with E-state index < -0.39 is 17.1 Å². The summed E-state index contributed by atoms with van der Waals surface area (Å²) >= 11 is 6.04. The van der Waals surface area contributed by atoms with Gasteiger partial charge in [0, 0.05) is 29.4 Å². The first-order chi connectivity index (χ1) is 15.5. The predicted octanol–water partition coefficient (Wildman–Crippen LogP) is 3.89. The Bertz CT molecular complexity index is 896. The first-order valence-electron chi connectivity index (χ1n) is 12.2. The number of hydrogen-bond acceptors (Lipinski definition) is 4. The lowest BCUT2D eigenvalue weighted by Gasteiger charge is -2.51. The molecular weight excluding hydrogens is 440 g/mol. The molecule has 3 fully saturated rings. The molecule has 4 rings (SSSR count). The van der Waals surface area contributed by atoms with Gasteiger partial charge in [0.15, 0.2) is 0 Å². The lowest BCUT2D eigenvalue weighted by molar-refractivity contribution is -0.157. The average molecular weight is 477 g/mol. The van der Waals surface area contributed by atoms with Crippen molar-refractivity contribution >= 4 is 23.4 Å². The van der Waals surface area contributed by atoms with Gasteiger partial charge >= 0.3 is 0 Å². The molecule has 182 valence electrons. The molecule has 4 atom stereocenters. The van der Waals surface area contributed by atoms with E-state index in [0.29, 0.717) is 24.5 Å². The van der Waals surface area contributed by atoms with E-state index in [2.05, 4.69) is 5.32 Å². The van der Waals surface area contributed by atoms with Crippen molar-refractivity contribution in [2.75, 3.05) is 19.7 Å². The smallest absolute Gasteiger partial charge is 0.245 e. The molecule has 1 aliphatic carbocycles. The highest BCUT2D eigenvalue weighted by molar-refractivity contribution is 6.30. The number of nitrogens with zero attached hydrogens (tertiary/aromatic N) is 1. The Kier molecular flexibility index (Phi) is 6.58. The molecule has 0 radical (unpaired) electrons. The minimum absolute atomic E-state index is 0.0306. The van der Waals surface area contributed by atoms with E-state index in [0.717, 1.165) is 37.9 Å². The second-order valence-electron chi connectivity index (χ2n) is 11.2. The Morgan fingerprint density at radius 1 is 1.18 bits per heavy atom. The molecule has 6 nitrogen and oxygen atoms in total. The average Bonchev–Trinajstić information content (AvgIpc) is 3.20. The topological polar surface area (TPSA) is 78.9 Å². The molecule has 7 heteroatoms. The maximum absolute atomic E-state index is 13.6. The van der Waals surface area contributed by atoms with Gasteiger partial charge in [0.05, 0.1) is 17.8 Å². The summed E-state index contributed by atoms with van der Waals surface area (Å²) in [6.45, 7) is 9.53. The lowest BCUT2D eigenvalue weighted by atomic mass is 9.66. The Morgan fingerprint density at radius 3 is 2.36 bits per heavy atom. The first-order valence-corrected chi connectivity index (χ1v) is 12.6. The molecule has 0 aromatic heterocycles. The Hall–Kier alpha value is -1.63. The number of halogens is 1. The van der Waals surface area contributed by atoms with Crippen LogP contribution in [-0.4, -0.2) is 53.2 Å². The zero-order valence-electron chi connectivity index (χ0n) is 20.2. The molecule has 2 saturated heterocycles. The van der Waals surface area contributed by atoms with Gasteiger partial charge in [0.2, 0.25) is 11.8 Å². The fraction of sp³-hybridized carbons (Fsp3) is 0.692. The quantitative estimate of drug-likeness (QED) is 0.675. The molecule has 2 N–H and O–H groups in total. The Labute approximate surface area is 202 Å². The third-order valence-corrected chi connectivity index (χ3v) is 8.47. The Morgan fingerprint density at radius 2 is 1.85 bits per heavy atom. The van der Waals surface area contributed by atoms with E-state index in [1.54, 1.807) is 17.0 Å². The molecule has 1 spiro atoms. The molecule has 1 aromatic rings. The largest absolute Gasteiger partial charge is 0.384 e. The fourth-order valence-corrected chi connectivity index (χ4v) is 5.94. The van der Waals surface area contributed by atoms with Crippen molar-refractivity contribution in [3.8, 4) is 0 Å². The van der Waals surface area contributed by atoms with Crippen LogP contribution in [0.1, 0.15) is 65.4 Å². The van der Waals surface area contributed by atoms with Gasteiger partial charge in [-0.05, 0) is 55.7 Å². The van der Waals surface area contributed by atoms with Crippen molar-refractivity contribution in [1.29, 1.82) is 0 Å². The van der Waals surface area contributed by atoms with E-state index >= 15 is 0 Å². The predicted molar refractivity (Wildman–Crippen MR) is 128 cm³/mol. The van der Waals surface area contributed by atoms with Crippen LogP contribution in [0.4, 0.5) is 0 Å². The van der Waals surface area contributed by atoms with Gasteiger partial charge in [-0.25, -0.2) is 0 Å². The van der Waals surface area contributed by atoms with Crippen LogP contribution in [-0.2, 0) is 19.9 Å². The summed E-state index contributed by atoms with van der Waals surface area (Å²) in [5.41, 5.74) is -0.917. The maximum Gasteiger partial charge on any atom is 0.245 e. The van der Waals surface area contributed by atoms with Gasteiger partial charge in [0.1, 0.15) is 6.04 Å². The van der Waals surface area contributed by atoms with E-state index in [9.17, 15) is 14.7 Å². The summed E-state index contributed by atoms with van der Waals surface area (Å²) in [6, 6.07) is 6.72. The van der Waals surface area contributed by atoms with E-state index in [-0.39, 0.29) is 29.3 Å². The van der Waals surface area contributed by atoms with Gasteiger partial charge in [-0.1, -0.05) is 51.4 Å². The molecule has 1 aromatic carbocycles. The number of ether oxygens (including phenoxy) is 1. The van der Waals surface area contributed by atoms with Crippen LogP contribution in [0.15, 0.2) is 24.3 Å². The SMILES string of the molecule is CC(C)C(NC(=O)C1CCC2(CCO2)C1)C(=O)N1CCC(O)(c2ccc(Cl)cc2)C(C)(C)C1. The highest BCUT2D eigenvalue weighted by Crippen LogP contribution is 2.47. The number of likely N-dealkylation sites (tertiary alicyclic amines) is 1. The van der Waals surface area contributed by atoms with Crippen LogP contribution < -0.4 is 5.32 Å². The molecule has 4 unspecified atom stereocenters. The van der Waals surface area contributed by atoms with Crippen molar-refractivity contribution < 1.29 is 19.4 Å². The number of benzene rings is 1. The number of amides is 2. The molecule has 1 saturated carbocycles. The van der Waals surface area contributed by atoms with Gasteiger partial charge < -0.3 is 20.1 Å². The van der Waals surface area contributed by atoms with Crippen LogP contribution in [0.2, 0.25) is 5.02 Å². The van der Waals surface area contributed by atoms with E-state index in [4.69, 9.17) is 16.3 Å². The van der Waals surface area contributed by atoms with Crippen molar-refractivity contribution in [3.63, 3.8) is 0 Å². The van der Waals surface area contributed by atoms with Gasteiger partial charge in [-0.15, -0.1) is 0 Å². The van der Waals surface area contributed by atoms with Crippen LogP contribution >= 0.6 is 11.6 Å². The van der Waals surface area contributed by atoms with Crippen LogP contribution in [0, 0.1) is 17.3 Å². The van der Waals surface area contributed by atoms with Crippen LogP contribution in [0.5, 0.6) is 0 Å². The zero-order chi connectivity index (χ0) is 24.0. The number of piperidine rings is 1. The van der Waals surface area contributed by atoms with Gasteiger partial charge in [0.25, 0.3) is 0 Å². The summed E-state index contributed by atoms with van der Waals surface area (Å²) < 4.78 is 5.75. The monoisotopic (exact) mass is 476 g/mol. The first kappa shape index (κ1) is 24.5. The second-order valence-corrected chi connectivity index (χ2v) is 11.6. The third kappa shape index (κ3) is 4.54. The van der Waals surface area contributed by atoms with Crippen molar-refractivity contribution in [1.82, 2.24) is 10.2 Å². The zero-order valence-corrected chi connectivity index (χ0v) is 21.0. The highest BCUT2D eigenvalue weighted by Gasteiger charge is 2.51. The van der Waals surface area contributed by atoms with Crippen LogP contribution in [0.25, 0.3) is 0 Å². The lowest BCUT2D eigenvalue weighted by Crippen LogP contribution is -2.60. The highest BCUT2D eigenvalue weighted by atomic mass is 35.5. The number of hydrogen-bond donors (Lipinski definition) is 2. The molecule has 3 aliphatic rings. The molecule has 33 heavy (non-hydrogen) atoms. The summed E-state index contributed by atoms with van der Waals surface area (Å²) in [7, 11) is 0. The summed E-state index contributed by atoms with van der Waals surface area (Å²) in [6.07, 6.45) is 3.95. The molecule has 2 heterocycles. The maximum atomic E-state index is 13.6. The van der Waals surface area contributed by atoms with E-state index in [1.807, 2.05) is 39.8 Å². The van der Waals surface area contributed by atoms with Gasteiger partial charge in [-0.3, -0.25) is 9.59 Å². The van der Waals surface area contributed by atoms with Crippen LogP contribution in [0.3, 0.4) is 0 Å². The summed E-state index contributed by atoms with van der Waals surface area (Å²) in [5, 5.41) is 15.3. The Balaban J connectivity index is 1.43. The second kappa shape index (κ2) is 8.86. The van der Waals surface area contributed by atoms with Crippen molar-refractivity contribution in [2.24, 2.45) is 17.3 Å². The standard InChI is InChI=1S/C26H37ClN2O4/c1-17(2)21(28-22(30)18-9-10-25(15-18)12-14-33-25)23(31)29-13-11-26(32,24(3,4)16-29)19-5-7-20(27)8-6-19/h5-8,17-18,21,32H,9-16H2,1-4H3,(H,28,30). The molecule has 0 bridgehead atoms. The molecule has 2 aliphatic heterocycles. The van der Waals surface area contributed by atoms with Crippen molar-refractivity contribution in [3.05, 3.63) is 34.9 Å².